The highest BCUT2D eigenvalue weighted by Gasteiger charge is 2.61. The summed E-state index contributed by atoms with van der Waals surface area (Å²) in [5.41, 5.74) is 7.97. The Balaban J connectivity index is 1.23. The molecule has 1 fully saturated rings. The molecule has 6 aromatic carbocycles. The number of ether oxygens (including phenoxy) is 5. The molecule has 298 valence electrons. The second kappa shape index (κ2) is 19.0. The molecule has 6 atom stereocenters. The van der Waals surface area contributed by atoms with E-state index in [0.717, 1.165) is 50.9 Å². The van der Waals surface area contributed by atoms with Crippen molar-refractivity contribution in [3.63, 3.8) is 0 Å². The third-order valence-electron chi connectivity index (χ3n) is 11.4. The highest BCUT2D eigenvalue weighted by Crippen LogP contribution is 2.55. The maximum Gasteiger partial charge on any atom is 0.126 e. The van der Waals surface area contributed by atoms with E-state index in [1.165, 1.54) is 5.56 Å². The molecular weight excluding hydrogens is 744 g/mol. The van der Waals surface area contributed by atoms with Gasteiger partial charge in [0.2, 0.25) is 0 Å². The smallest absolute Gasteiger partial charge is 0.126 e. The summed E-state index contributed by atoms with van der Waals surface area (Å²) in [4.78, 5) is 0. The van der Waals surface area contributed by atoms with E-state index < -0.39 is 36.1 Å². The van der Waals surface area contributed by atoms with Crippen LogP contribution in [0.2, 0.25) is 5.02 Å². The van der Waals surface area contributed by atoms with Crippen molar-refractivity contribution in [1.82, 2.24) is 0 Å². The van der Waals surface area contributed by atoms with Crippen LogP contribution in [-0.2, 0) is 68.6 Å². The van der Waals surface area contributed by atoms with Gasteiger partial charge in [-0.3, -0.25) is 0 Å². The van der Waals surface area contributed by atoms with Crippen molar-refractivity contribution in [2.45, 2.75) is 88.7 Å². The number of fused-ring (bicyclic) bond motifs is 2. The fourth-order valence-electron chi connectivity index (χ4n) is 8.37. The first-order chi connectivity index (χ1) is 28.5. The van der Waals surface area contributed by atoms with Crippen molar-refractivity contribution >= 4 is 11.6 Å². The zero-order valence-electron chi connectivity index (χ0n) is 32.9. The maximum absolute atomic E-state index is 12.0. The van der Waals surface area contributed by atoms with Crippen molar-refractivity contribution < 1.29 is 28.8 Å². The SMILES string of the molecule is CCc1ccc(Cc2cc3c(cc2Cl)C(O)C[C@]32O[C@H](COCc3ccccc3)[C@@H](OCc3ccccc3)[C@H](OCc3ccccc3)[C@H]2OCc2ccccc2)cc1. The van der Waals surface area contributed by atoms with Gasteiger partial charge in [-0.2, -0.15) is 0 Å². The highest BCUT2D eigenvalue weighted by molar-refractivity contribution is 6.31. The van der Waals surface area contributed by atoms with Gasteiger partial charge in [-0.25, -0.2) is 0 Å². The molecule has 1 aliphatic heterocycles. The lowest BCUT2D eigenvalue weighted by molar-refractivity contribution is -0.315. The topological polar surface area (TPSA) is 66.4 Å². The van der Waals surface area contributed by atoms with Gasteiger partial charge in [0.15, 0.2) is 0 Å². The average molecular weight is 795 g/mol. The van der Waals surface area contributed by atoms with Crippen LogP contribution in [0.5, 0.6) is 0 Å². The van der Waals surface area contributed by atoms with E-state index in [2.05, 4.69) is 85.8 Å². The van der Waals surface area contributed by atoms with Crippen LogP contribution in [0.3, 0.4) is 0 Å². The fraction of sp³-hybridized carbons (Fsp3) is 0.294. The molecule has 1 heterocycles. The summed E-state index contributed by atoms with van der Waals surface area (Å²) in [7, 11) is 0. The molecule has 1 spiro atoms. The first-order valence-electron chi connectivity index (χ1n) is 20.3. The summed E-state index contributed by atoms with van der Waals surface area (Å²) in [5, 5.41) is 12.6. The number of aliphatic hydroxyl groups excluding tert-OH is 1. The fourth-order valence-corrected chi connectivity index (χ4v) is 8.61. The van der Waals surface area contributed by atoms with E-state index in [1.54, 1.807) is 0 Å². The molecule has 6 aromatic rings. The molecule has 7 heteroatoms. The molecule has 0 amide bonds. The Morgan fingerprint density at radius 1 is 0.603 bits per heavy atom. The van der Waals surface area contributed by atoms with E-state index in [0.29, 0.717) is 37.9 Å². The minimum absolute atomic E-state index is 0.225. The largest absolute Gasteiger partial charge is 0.388 e. The number of halogens is 1. The molecule has 8 rings (SSSR count). The molecule has 1 N–H and O–H groups in total. The van der Waals surface area contributed by atoms with E-state index in [4.69, 9.17) is 35.3 Å². The molecule has 2 aliphatic rings. The second-order valence-electron chi connectivity index (χ2n) is 15.4. The van der Waals surface area contributed by atoms with Gasteiger partial charge >= 0.3 is 0 Å². The summed E-state index contributed by atoms with van der Waals surface area (Å²) in [6.45, 7) is 3.75. The van der Waals surface area contributed by atoms with Gasteiger partial charge in [-0.1, -0.05) is 170 Å². The van der Waals surface area contributed by atoms with E-state index in [1.807, 2.05) is 78.9 Å². The third-order valence-corrected chi connectivity index (χ3v) is 11.8. The lowest BCUT2D eigenvalue weighted by Gasteiger charge is -2.52. The first-order valence-corrected chi connectivity index (χ1v) is 20.7. The molecular formula is C51H51ClO6. The van der Waals surface area contributed by atoms with E-state index >= 15 is 0 Å². The van der Waals surface area contributed by atoms with Crippen molar-refractivity contribution in [1.29, 1.82) is 0 Å². The molecule has 58 heavy (non-hydrogen) atoms. The summed E-state index contributed by atoms with van der Waals surface area (Å²) < 4.78 is 35.1. The zero-order chi connectivity index (χ0) is 39.7. The van der Waals surface area contributed by atoms with Crippen LogP contribution in [-0.4, -0.2) is 36.1 Å². The van der Waals surface area contributed by atoms with Gasteiger partial charge in [0.05, 0.1) is 39.1 Å². The van der Waals surface area contributed by atoms with Crippen LogP contribution in [0.25, 0.3) is 0 Å². The molecule has 1 aliphatic carbocycles. The number of hydrogen-bond donors (Lipinski definition) is 1. The predicted molar refractivity (Wildman–Crippen MR) is 227 cm³/mol. The van der Waals surface area contributed by atoms with Crippen LogP contribution in [0.15, 0.2) is 158 Å². The number of hydrogen-bond acceptors (Lipinski definition) is 6. The number of benzene rings is 6. The standard InChI is InChI=1S/C51H51ClO6/c1-2-36-23-25-37(26-24-36)27-42-28-44-43(29-45(42)52)46(53)30-51(44)50(57-34-41-21-13-6-14-22-41)49(56-33-40-19-11-5-12-20-40)48(55-32-39-17-9-4-10-18-39)47(58-51)35-54-31-38-15-7-3-8-16-38/h3-26,28-29,46-50,53H,2,27,30-35H2,1H3/t46?,47-,48-,49+,50-,51+/m1/s1. The van der Waals surface area contributed by atoms with Gasteiger partial charge in [0, 0.05) is 11.4 Å². The molecule has 0 saturated carbocycles. The van der Waals surface area contributed by atoms with E-state index in [9.17, 15) is 5.11 Å². The Morgan fingerprint density at radius 2 is 1.10 bits per heavy atom. The van der Waals surface area contributed by atoms with Gasteiger partial charge < -0.3 is 28.8 Å². The third kappa shape index (κ3) is 9.30. The monoisotopic (exact) mass is 794 g/mol. The van der Waals surface area contributed by atoms with Gasteiger partial charge in [-0.05, 0) is 69.0 Å². The van der Waals surface area contributed by atoms with Crippen LogP contribution in [0.4, 0.5) is 0 Å². The number of rotatable bonds is 16. The van der Waals surface area contributed by atoms with Gasteiger partial charge in [0.1, 0.15) is 30.0 Å². The minimum atomic E-state index is -1.14. The lowest BCUT2D eigenvalue weighted by Crippen LogP contribution is -2.65. The Bertz CT molecular complexity index is 2180. The van der Waals surface area contributed by atoms with Crippen LogP contribution in [0, 0.1) is 0 Å². The second-order valence-corrected chi connectivity index (χ2v) is 15.8. The van der Waals surface area contributed by atoms with Crippen molar-refractivity contribution in [3.8, 4) is 0 Å². The molecule has 0 bridgehead atoms. The molecule has 0 aromatic heterocycles. The Labute approximate surface area is 347 Å². The quantitative estimate of drug-likeness (QED) is 0.105. The Hall–Kier alpha value is -4.63. The first kappa shape index (κ1) is 40.2. The summed E-state index contributed by atoms with van der Waals surface area (Å²) in [6.07, 6.45) is -1.53. The molecule has 1 saturated heterocycles. The van der Waals surface area contributed by atoms with Crippen molar-refractivity contribution in [2.75, 3.05) is 6.61 Å². The van der Waals surface area contributed by atoms with E-state index in [-0.39, 0.29) is 13.0 Å². The minimum Gasteiger partial charge on any atom is -0.388 e. The van der Waals surface area contributed by atoms with Gasteiger partial charge in [-0.15, -0.1) is 0 Å². The summed E-state index contributed by atoms with van der Waals surface area (Å²) in [5.74, 6) is 0. The highest BCUT2D eigenvalue weighted by atomic mass is 35.5. The zero-order valence-corrected chi connectivity index (χ0v) is 33.7. The van der Waals surface area contributed by atoms with Crippen molar-refractivity contribution in [2.24, 2.45) is 0 Å². The Morgan fingerprint density at radius 3 is 1.66 bits per heavy atom. The molecule has 0 radical (unpaired) electrons. The number of aliphatic hydroxyl groups is 1. The molecule has 1 unspecified atom stereocenters. The summed E-state index contributed by atoms with van der Waals surface area (Å²) in [6, 6.07) is 53.3. The van der Waals surface area contributed by atoms with Crippen LogP contribution in [0.1, 0.15) is 69.5 Å². The average Bonchev–Trinajstić information content (AvgIpc) is 3.53. The van der Waals surface area contributed by atoms with Crippen molar-refractivity contribution in [3.05, 3.63) is 213 Å². The number of aryl methyl sites for hydroxylation is 1. The predicted octanol–water partition coefficient (Wildman–Crippen LogP) is 10.5. The lowest BCUT2D eigenvalue weighted by atomic mass is 9.79. The van der Waals surface area contributed by atoms with Crippen LogP contribution < -0.4 is 0 Å². The Kier molecular flexibility index (Phi) is 13.1. The maximum atomic E-state index is 12.0. The summed E-state index contributed by atoms with van der Waals surface area (Å²) >= 11 is 7.06. The van der Waals surface area contributed by atoms with Crippen LogP contribution >= 0.6 is 11.6 Å². The van der Waals surface area contributed by atoms with Gasteiger partial charge in [0.25, 0.3) is 0 Å². The molecule has 6 nitrogen and oxygen atoms in total. The normalized spacial score (nSPS) is 22.6.